The molecule has 0 bridgehead atoms. The lowest BCUT2D eigenvalue weighted by atomic mass is 10.0. The lowest BCUT2D eigenvalue weighted by Crippen LogP contribution is -2.14. The number of hydrogen-bond donors (Lipinski definition) is 1. The topological polar surface area (TPSA) is 46.5 Å². The molecule has 0 amide bonds. The van der Waals surface area contributed by atoms with Crippen molar-refractivity contribution in [3.63, 3.8) is 0 Å². The fourth-order valence-electron chi connectivity index (χ4n) is 1.18. The van der Waals surface area contributed by atoms with Crippen LogP contribution in [0.25, 0.3) is 0 Å². The van der Waals surface area contributed by atoms with E-state index in [-0.39, 0.29) is 0 Å². The van der Waals surface area contributed by atoms with E-state index in [9.17, 15) is 9.90 Å². The predicted molar refractivity (Wildman–Crippen MR) is 55.9 cm³/mol. The fourth-order valence-corrected chi connectivity index (χ4v) is 1.66. The normalized spacial score (nSPS) is 12.3. The Bertz CT molecular complexity index is 349. The van der Waals surface area contributed by atoms with Crippen molar-refractivity contribution in [2.24, 2.45) is 0 Å². The number of carbonyl (C=O) groups excluding carboxylic acids is 1. The molecule has 0 saturated heterocycles. The maximum atomic E-state index is 11.1. The van der Waals surface area contributed by atoms with Crippen LogP contribution in [0.15, 0.2) is 22.7 Å². The zero-order chi connectivity index (χ0) is 10.7. The van der Waals surface area contributed by atoms with E-state index < -0.39 is 12.1 Å². The van der Waals surface area contributed by atoms with Gasteiger partial charge in [0.2, 0.25) is 0 Å². The summed E-state index contributed by atoms with van der Waals surface area (Å²) in [6.45, 7) is 1.83. The van der Waals surface area contributed by atoms with Crippen LogP contribution >= 0.6 is 15.9 Å². The van der Waals surface area contributed by atoms with Gasteiger partial charge in [0, 0.05) is 4.47 Å². The van der Waals surface area contributed by atoms with Crippen LogP contribution in [0.1, 0.15) is 17.2 Å². The molecule has 0 spiro atoms. The molecule has 0 fully saturated rings. The van der Waals surface area contributed by atoms with Gasteiger partial charge in [-0.3, -0.25) is 0 Å². The lowest BCUT2D eigenvalue weighted by molar-refractivity contribution is -0.150. The number of aliphatic hydroxyl groups is 1. The minimum Gasteiger partial charge on any atom is -0.467 e. The van der Waals surface area contributed by atoms with E-state index in [0.717, 1.165) is 10.0 Å². The first-order chi connectivity index (χ1) is 6.56. The molecule has 1 aromatic rings. The molecule has 14 heavy (non-hydrogen) atoms. The third-order valence-corrected chi connectivity index (χ3v) is 2.44. The van der Waals surface area contributed by atoms with Gasteiger partial charge < -0.3 is 9.84 Å². The molecule has 0 aliphatic rings. The molecule has 1 atom stereocenters. The molecule has 1 unspecified atom stereocenters. The van der Waals surface area contributed by atoms with Crippen LogP contribution in [-0.2, 0) is 9.53 Å². The Morgan fingerprint density at radius 1 is 1.57 bits per heavy atom. The summed E-state index contributed by atoms with van der Waals surface area (Å²) in [6.07, 6.45) is -1.20. The van der Waals surface area contributed by atoms with Crippen molar-refractivity contribution < 1.29 is 14.6 Å². The van der Waals surface area contributed by atoms with Crippen molar-refractivity contribution in [2.75, 3.05) is 7.11 Å². The van der Waals surface area contributed by atoms with Gasteiger partial charge in [-0.15, -0.1) is 0 Å². The standard InChI is InChI=1S/C10H11BrO3/c1-6-5-7(11)3-4-8(6)9(12)10(13)14-2/h3-5,9,12H,1-2H3. The molecule has 0 aliphatic carbocycles. The number of esters is 1. The average molecular weight is 259 g/mol. The molecule has 0 saturated carbocycles. The minimum absolute atomic E-state index is 0.569. The van der Waals surface area contributed by atoms with Crippen LogP contribution in [0.3, 0.4) is 0 Å². The molecule has 3 nitrogen and oxygen atoms in total. The number of halogens is 1. The van der Waals surface area contributed by atoms with Gasteiger partial charge in [-0.1, -0.05) is 22.0 Å². The molecule has 0 radical (unpaired) electrons. The highest BCUT2D eigenvalue weighted by Crippen LogP contribution is 2.22. The van der Waals surface area contributed by atoms with Gasteiger partial charge in [0.1, 0.15) is 0 Å². The largest absolute Gasteiger partial charge is 0.467 e. The number of benzene rings is 1. The summed E-state index contributed by atoms with van der Waals surface area (Å²) in [5, 5.41) is 9.57. The second kappa shape index (κ2) is 4.57. The minimum atomic E-state index is -1.20. The second-order valence-corrected chi connectivity index (χ2v) is 3.84. The molecule has 4 heteroatoms. The first-order valence-corrected chi connectivity index (χ1v) is 4.87. The van der Waals surface area contributed by atoms with Crippen molar-refractivity contribution in [3.05, 3.63) is 33.8 Å². The van der Waals surface area contributed by atoms with Gasteiger partial charge in [-0.25, -0.2) is 4.79 Å². The van der Waals surface area contributed by atoms with Crippen molar-refractivity contribution in [1.82, 2.24) is 0 Å². The summed E-state index contributed by atoms with van der Waals surface area (Å²) in [5.74, 6) is -0.643. The molecule has 0 aromatic heterocycles. The van der Waals surface area contributed by atoms with Gasteiger partial charge in [-0.05, 0) is 30.2 Å². The SMILES string of the molecule is COC(=O)C(O)c1ccc(Br)cc1C. The van der Waals surface area contributed by atoms with Crippen molar-refractivity contribution in [1.29, 1.82) is 0 Å². The summed E-state index contributed by atoms with van der Waals surface area (Å²) >= 11 is 3.30. The van der Waals surface area contributed by atoms with E-state index in [0.29, 0.717) is 5.56 Å². The Kier molecular flexibility index (Phi) is 3.66. The first kappa shape index (κ1) is 11.2. The van der Waals surface area contributed by atoms with E-state index in [1.807, 2.05) is 13.0 Å². The van der Waals surface area contributed by atoms with Gasteiger partial charge in [0.05, 0.1) is 7.11 Å². The summed E-state index contributed by atoms with van der Waals surface area (Å²) in [7, 11) is 1.25. The zero-order valence-corrected chi connectivity index (χ0v) is 9.54. The fraction of sp³-hybridized carbons (Fsp3) is 0.300. The smallest absolute Gasteiger partial charge is 0.339 e. The summed E-state index contributed by atoms with van der Waals surface area (Å²) in [4.78, 5) is 11.1. The molecular formula is C10H11BrO3. The molecule has 1 N–H and O–H groups in total. The van der Waals surface area contributed by atoms with E-state index in [4.69, 9.17) is 0 Å². The van der Waals surface area contributed by atoms with Gasteiger partial charge >= 0.3 is 5.97 Å². The zero-order valence-electron chi connectivity index (χ0n) is 7.95. The molecule has 1 rings (SSSR count). The Morgan fingerprint density at radius 3 is 2.71 bits per heavy atom. The van der Waals surface area contributed by atoms with Crippen LogP contribution in [0.2, 0.25) is 0 Å². The Labute approximate surface area is 90.8 Å². The van der Waals surface area contributed by atoms with Gasteiger partial charge in [0.15, 0.2) is 6.10 Å². The van der Waals surface area contributed by atoms with E-state index >= 15 is 0 Å². The van der Waals surface area contributed by atoms with Crippen molar-refractivity contribution >= 4 is 21.9 Å². The van der Waals surface area contributed by atoms with Crippen LogP contribution in [0.5, 0.6) is 0 Å². The van der Waals surface area contributed by atoms with E-state index in [1.54, 1.807) is 12.1 Å². The Morgan fingerprint density at radius 2 is 2.21 bits per heavy atom. The number of rotatable bonds is 2. The molecule has 0 aliphatic heterocycles. The maximum Gasteiger partial charge on any atom is 0.339 e. The highest BCUT2D eigenvalue weighted by atomic mass is 79.9. The number of methoxy groups -OCH3 is 1. The third kappa shape index (κ3) is 2.33. The number of hydrogen-bond acceptors (Lipinski definition) is 3. The highest BCUT2D eigenvalue weighted by Gasteiger charge is 2.19. The second-order valence-electron chi connectivity index (χ2n) is 2.93. The predicted octanol–water partition coefficient (Wildman–Crippen LogP) is 1.96. The first-order valence-electron chi connectivity index (χ1n) is 4.08. The molecule has 0 heterocycles. The monoisotopic (exact) mass is 258 g/mol. The van der Waals surface area contributed by atoms with Crippen molar-refractivity contribution in [2.45, 2.75) is 13.0 Å². The summed E-state index contributed by atoms with van der Waals surface area (Å²) in [5.41, 5.74) is 1.41. The Hall–Kier alpha value is -0.870. The highest BCUT2D eigenvalue weighted by molar-refractivity contribution is 9.10. The quantitative estimate of drug-likeness (QED) is 0.826. The van der Waals surface area contributed by atoms with E-state index in [1.165, 1.54) is 7.11 Å². The lowest BCUT2D eigenvalue weighted by Gasteiger charge is -2.11. The summed E-state index contributed by atoms with van der Waals surface area (Å²) in [6, 6.07) is 5.30. The van der Waals surface area contributed by atoms with E-state index in [2.05, 4.69) is 20.7 Å². The van der Waals surface area contributed by atoms with Gasteiger partial charge in [0.25, 0.3) is 0 Å². The summed E-state index contributed by atoms with van der Waals surface area (Å²) < 4.78 is 5.36. The van der Waals surface area contributed by atoms with Gasteiger partial charge in [-0.2, -0.15) is 0 Å². The number of carbonyl (C=O) groups is 1. The molecule has 1 aromatic carbocycles. The van der Waals surface area contributed by atoms with Crippen LogP contribution in [-0.4, -0.2) is 18.2 Å². The number of ether oxygens (including phenoxy) is 1. The van der Waals surface area contributed by atoms with Crippen LogP contribution in [0, 0.1) is 6.92 Å². The number of aliphatic hydroxyl groups excluding tert-OH is 1. The maximum absolute atomic E-state index is 11.1. The average Bonchev–Trinajstić information content (AvgIpc) is 2.15. The van der Waals surface area contributed by atoms with Crippen LogP contribution < -0.4 is 0 Å². The Balaban J connectivity index is 3.01. The molecular weight excluding hydrogens is 248 g/mol. The number of aryl methyl sites for hydroxylation is 1. The third-order valence-electron chi connectivity index (χ3n) is 1.95. The molecule has 76 valence electrons. The van der Waals surface area contributed by atoms with Crippen molar-refractivity contribution in [3.8, 4) is 0 Å². The van der Waals surface area contributed by atoms with Crippen LogP contribution in [0.4, 0.5) is 0 Å².